The fourth-order valence-corrected chi connectivity index (χ4v) is 3.61. The van der Waals surface area contributed by atoms with E-state index in [1.165, 1.54) is 43.0 Å². The van der Waals surface area contributed by atoms with Gasteiger partial charge in [0.1, 0.15) is 5.52 Å². The van der Waals surface area contributed by atoms with Crippen molar-refractivity contribution in [3.63, 3.8) is 0 Å². The van der Waals surface area contributed by atoms with E-state index in [1.54, 1.807) is 24.3 Å². The molecule has 1 heterocycles. The Balaban J connectivity index is 1.57. The average molecular weight is 415 g/mol. The SMILES string of the molecule is CN(C)S(=O)(=O)c1ccc(NC(=O)CCCn2nnc3ccccc3c2=O)cc1. The Hall–Kier alpha value is -3.11. The lowest BCUT2D eigenvalue weighted by Gasteiger charge is -2.12. The van der Waals surface area contributed by atoms with Gasteiger partial charge < -0.3 is 5.32 Å². The number of amides is 1. The molecule has 0 aliphatic rings. The number of nitrogens with one attached hydrogen (secondary N) is 1. The van der Waals surface area contributed by atoms with Crippen LogP contribution in [0.2, 0.25) is 0 Å². The number of aryl methyl sites for hydroxylation is 1. The van der Waals surface area contributed by atoms with E-state index in [2.05, 4.69) is 15.6 Å². The van der Waals surface area contributed by atoms with Crippen molar-refractivity contribution in [2.75, 3.05) is 19.4 Å². The fraction of sp³-hybridized carbons (Fsp3) is 0.263. The van der Waals surface area contributed by atoms with Crippen molar-refractivity contribution >= 4 is 32.5 Å². The molecule has 0 atom stereocenters. The lowest BCUT2D eigenvalue weighted by atomic mass is 10.2. The van der Waals surface area contributed by atoms with Gasteiger partial charge in [-0.2, -0.15) is 0 Å². The van der Waals surface area contributed by atoms with E-state index in [9.17, 15) is 18.0 Å². The van der Waals surface area contributed by atoms with Gasteiger partial charge in [-0.25, -0.2) is 17.4 Å². The molecule has 1 amide bonds. The summed E-state index contributed by atoms with van der Waals surface area (Å²) in [4.78, 5) is 24.6. The number of fused-ring (bicyclic) bond motifs is 1. The van der Waals surface area contributed by atoms with Gasteiger partial charge in [0.2, 0.25) is 15.9 Å². The number of sulfonamides is 1. The molecule has 0 radical (unpaired) electrons. The van der Waals surface area contributed by atoms with E-state index in [-0.39, 0.29) is 29.3 Å². The van der Waals surface area contributed by atoms with Gasteiger partial charge in [-0.1, -0.05) is 17.3 Å². The van der Waals surface area contributed by atoms with Gasteiger partial charge in [0.25, 0.3) is 5.56 Å². The molecule has 1 N–H and O–H groups in total. The zero-order valence-electron chi connectivity index (χ0n) is 16.1. The standard InChI is InChI=1S/C19H21N5O4S/c1-23(2)29(27,28)15-11-9-14(10-12-15)20-18(25)8-5-13-24-19(26)16-6-3-4-7-17(16)21-22-24/h3-4,6-7,9-12H,5,8,13H2,1-2H3,(H,20,25). The van der Waals surface area contributed by atoms with Gasteiger partial charge in [-0.3, -0.25) is 9.59 Å². The molecular formula is C19H21N5O4S. The maximum atomic E-state index is 12.4. The van der Waals surface area contributed by atoms with E-state index in [4.69, 9.17) is 0 Å². The number of benzene rings is 2. The predicted octanol–water partition coefficient (Wildman–Crippen LogP) is 1.46. The minimum atomic E-state index is -3.51. The maximum Gasteiger partial charge on any atom is 0.277 e. The van der Waals surface area contributed by atoms with Crippen LogP contribution in [-0.2, 0) is 21.4 Å². The molecule has 0 saturated heterocycles. The third-order valence-electron chi connectivity index (χ3n) is 4.32. The highest BCUT2D eigenvalue weighted by Gasteiger charge is 2.16. The zero-order valence-corrected chi connectivity index (χ0v) is 16.9. The van der Waals surface area contributed by atoms with Gasteiger partial charge in [0.15, 0.2) is 0 Å². The summed E-state index contributed by atoms with van der Waals surface area (Å²) in [6.45, 7) is 0.268. The molecule has 2 aromatic carbocycles. The van der Waals surface area contributed by atoms with E-state index in [0.29, 0.717) is 23.0 Å². The third-order valence-corrected chi connectivity index (χ3v) is 6.15. The number of hydrogen-bond donors (Lipinski definition) is 1. The van der Waals surface area contributed by atoms with Gasteiger partial charge in [-0.05, 0) is 42.8 Å². The second-order valence-corrected chi connectivity index (χ2v) is 8.75. The summed E-state index contributed by atoms with van der Waals surface area (Å²) in [5.74, 6) is -0.241. The first-order valence-electron chi connectivity index (χ1n) is 8.94. The topological polar surface area (TPSA) is 114 Å². The van der Waals surface area contributed by atoms with Crippen molar-refractivity contribution in [1.29, 1.82) is 0 Å². The molecule has 0 saturated carbocycles. The minimum absolute atomic E-state index is 0.148. The summed E-state index contributed by atoms with van der Waals surface area (Å²) in [6, 6.07) is 12.9. The van der Waals surface area contributed by atoms with Gasteiger partial charge in [0.05, 0.1) is 10.3 Å². The van der Waals surface area contributed by atoms with Crippen LogP contribution in [0.15, 0.2) is 58.2 Å². The van der Waals surface area contributed by atoms with Crippen molar-refractivity contribution in [1.82, 2.24) is 19.3 Å². The summed E-state index contributed by atoms with van der Waals surface area (Å²) in [7, 11) is -0.602. The Morgan fingerprint density at radius 1 is 1.10 bits per heavy atom. The van der Waals surface area contributed by atoms with E-state index in [1.807, 2.05) is 0 Å². The molecule has 29 heavy (non-hydrogen) atoms. The molecule has 1 aromatic heterocycles. The van der Waals surface area contributed by atoms with E-state index in [0.717, 1.165) is 4.31 Å². The van der Waals surface area contributed by atoms with E-state index < -0.39 is 10.0 Å². The van der Waals surface area contributed by atoms with Crippen LogP contribution in [0, 0.1) is 0 Å². The van der Waals surface area contributed by atoms with Crippen LogP contribution in [-0.4, -0.2) is 47.7 Å². The highest BCUT2D eigenvalue weighted by atomic mass is 32.2. The third kappa shape index (κ3) is 4.66. The Labute approximate surface area is 168 Å². The first-order chi connectivity index (χ1) is 13.8. The molecule has 3 rings (SSSR count). The summed E-state index contributed by atoms with van der Waals surface area (Å²) in [5.41, 5.74) is 0.787. The van der Waals surface area contributed by atoms with Crippen molar-refractivity contribution in [2.45, 2.75) is 24.3 Å². The molecule has 0 spiro atoms. The first-order valence-corrected chi connectivity index (χ1v) is 10.4. The van der Waals surface area contributed by atoms with Crippen LogP contribution in [0.3, 0.4) is 0 Å². The molecule has 0 aliphatic carbocycles. The smallest absolute Gasteiger partial charge is 0.277 e. The van der Waals surface area contributed by atoms with Crippen molar-refractivity contribution in [2.24, 2.45) is 0 Å². The van der Waals surface area contributed by atoms with Gasteiger partial charge >= 0.3 is 0 Å². The second-order valence-electron chi connectivity index (χ2n) is 6.60. The van der Waals surface area contributed by atoms with Crippen molar-refractivity contribution in [3.8, 4) is 0 Å². The largest absolute Gasteiger partial charge is 0.326 e. The summed E-state index contributed by atoms with van der Waals surface area (Å²) < 4.78 is 26.5. The van der Waals surface area contributed by atoms with Crippen LogP contribution in [0.1, 0.15) is 12.8 Å². The molecule has 0 aliphatic heterocycles. The molecule has 0 bridgehead atoms. The van der Waals surface area contributed by atoms with Crippen LogP contribution in [0.25, 0.3) is 10.9 Å². The summed E-state index contributed by atoms with van der Waals surface area (Å²) in [6.07, 6.45) is 0.588. The monoisotopic (exact) mass is 415 g/mol. The first kappa shape index (κ1) is 20.6. The molecule has 3 aromatic rings. The van der Waals surface area contributed by atoms with Gasteiger partial charge in [-0.15, -0.1) is 5.10 Å². The lowest BCUT2D eigenvalue weighted by Crippen LogP contribution is -2.25. The molecule has 152 valence electrons. The Kier molecular flexibility index (Phi) is 6.04. The fourth-order valence-electron chi connectivity index (χ4n) is 2.70. The number of anilines is 1. The predicted molar refractivity (Wildman–Crippen MR) is 109 cm³/mol. The zero-order chi connectivity index (χ0) is 21.0. The summed E-state index contributed by atoms with van der Waals surface area (Å²) in [5, 5.41) is 11.1. The van der Waals surface area contributed by atoms with Gasteiger partial charge in [0, 0.05) is 32.7 Å². The number of carbonyl (C=O) groups is 1. The molecular weight excluding hydrogens is 394 g/mol. The van der Waals surface area contributed by atoms with Crippen molar-refractivity contribution < 1.29 is 13.2 Å². The van der Waals surface area contributed by atoms with E-state index >= 15 is 0 Å². The lowest BCUT2D eigenvalue weighted by molar-refractivity contribution is -0.116. The highest BCUT2D eigenvalue weighted by molar-refractivity contribution is 7.89. The Bertz CT molecular complexity index is 1190. The maximum absolute atomic E-state index is 12.4. The number of rotatable bonds is 7. The minimum Gasteiger partial charge on any atom is -0.326 e. The number of aromatic nitrogens is 3. The van der Waals surface area contributed by atoms with Crippen LogP contribution < -0.4 is 10.9 Å². The Morgan fingerprint density at radius 3 is 2.48 bits per heavy atom. The molecule has 0 unspecified atom stereocenters. The quantitative estimate of drug-likeness (QED) is 0.625. The average Bonchev–Trinajstić information content (AvgIpc) is 2.70. The van der Waals surface area contributed by atoms with Crippen LogP contribution in [0.5, 0.6) is 0 Å². The molecule has 10 heteroatoms. The number of carbonyl (C=O) groups excluding carboxylic acids is 1. The summed E-state index contributed by atoms with van der Waals surface area (Å²) >= 11 is 0. The molecule has 9 nitrogen and oxygen atoms in total. The normalized spacial score (nSPS) is 11.7. The molecule has 0 fully saturated rings. The van der Waals surface area contributed by atoms with Crippen LogP contribution >= 0.6 is 0 Å². The Morgan fingerprint density at radius 2 is 1.79 bits per heavy atom. The van der Waals surface area contributed by atoms with Crippen molar-refractivity contribution in [3.05, 3.63) is 58.9 Å². The number of nitrogens with zero attached hydrogens (tertiary/aromatic N) is 4. The number of hydrogen-bond acceptors (Lipinski definition) is 6. The highest BCUT2D eigenvalue weighted by Crippen LogP contribution is 2.16. The second kappa shape index (κ2) is 8.50. The van der Waals surface area contributed by atoms with Crippen LogP contribution in [0.4, 0.5) is 5.69 Å².